The normalized spacial score (nSPS) is 13.2. The first-order valence-electron chi connectivity index (χ1n) is 9.65. The molecule has 0 aliphatic heterocycles. The van der Waals surface area contributed by atoms with Gasteiger partial charge in [-0.1, -0.05) is 0 Å². The summed E-state index contributed by atoms with van der Waals surface area (Å²) in [5, 5.41) is 19.5. The van der Waals surface area contributed by atoms with Crippen molar-refractivity contribution >= 4 is 34.3 Å². The quantitative estimate of drug-likeness (QED) is 0.404. The van der Waals surface area contributed by atoms with E-state index >= 15 is 0 Å². The molecule has 0 saturated heterocycles. The van der Waals surface area contributed by atoms with E-state index in [9.17, 15) is 4.79 Å². The molecule has 0 spiro atoms. The number of nitrogens with one attached hydrogen (secondary N) is 2. The lowest BCUT2D eigenvalue weighted by Gasteiger charge is -2.22. The zero-order valence-corrected chi connectivity index (χ0v) is 17.5. The highest BCUT2D eigenvalue weighted by Crippen LogP contribution is 2.26. The number of aryl methyl sites for hydroxylation is 2. The summed E-state index contributed by atoms with van der Waals surface area (Å²) in [4.78, 5) is 16.2. The number of nitrogens with zero attached hydrogens (tertiary/aromatic N) is 5. The molecule has 2 heterocycles. The second kappa shape index (κ2) is 9.01. The number of aromatic nitrogens is 5. The number of hydrogen-bond acceptors (Lipinski definition) is 9. The lowest BCUT2D eigenvalue weighted by molar-refractivity contribution is 0.0994. The number of benzene rings is 1. The summed E-state index contributed by atoms with van der Waals surface area (Å²) in [5.41, 5.74) is 14.0. The lowest BCUT2D eigenvalue weighted by atomic mass is 10.1. The number of anilines is 3. The van der Waals surface area contributed by atoms with Gasteiger partial charge in [0.05, 0.1) is 23.9 Å². The predicted octanol–water partition coefficient (Wildman–Crippen LogP) is 1.17. The average Bonchev–Trinajstić information content (AvgIpc) is 3.15. The molecule has 1 amide bonds. The van der Waals surface area contributed by atoms with E-state index in [-0.39, 0.29) is 29.6 Å². The Morgan fingerprint density at radius 3 is 2.73 bits per heavy atom. The van der Waals surface area contributed by atoms with Crippen molar-refractivity contribution in [3.63, 3.8) is 0 Å². The fraction of sp³-hybridized carbons (Fsp3) is 0.421. The molecule has 0 aliphatic carbocycles. The van der Waals surface area contributed by atoms with E-state index in [4.69, 9.17) is 16.2 Å². The highest BCUT2D eigenvalue weighted by Gasteiger charge is 2.20. The molecule has 0 aliphatic rings. The number of nitrogens with two attached hydrogens (primary N) is 2. The van der Waals surface area contributed by atoms with Crippen molar-refractivity contribution in [3.05, 3.63) is 29.6 Å². The second-order valence-corrected chi connectivity index (χ2v) is 6.94. The molecule has 1 aromatic carbocycles. The van der Waals surface area contributed by atoms with Crippen LogP contribution >= 0.6 is 0 Å². The van der Waals surface area contributed by atoms with E-state index in [0.29, 0.717) is 6.54 Å². The second-order valence-electron chi connectivity index (χ2n) is 6.94. The van der Waals surface area contributed by atoms with Crippen molar-refractivity contribution in [2.45, 2.75) is 39.5 Å². The van der Waals surface area contributed by atoms with E-state index < -0.39 is 5.91 Å². The van der Waals surface area contributed by atoms with Gasteiger partial charge in [0.1, 0.15) is 0 Å². The van der Waals surface area contributed by atoms with Gasteiger partial charge in [-0.05, 0) is 38.5 Å². The van der Waals surface area contributed by atoms with Crippen molar-refractivity contribution in [2.75, 3.05) is 24.3 Å². The van der Waals surface area contributed by atoms with E-state index in [1.165, 1.54) is 0 Å². The molecule has 11 heteroatoms. The van der Waals surface area contributed by atoms with Crippen LogP contribution in [0.2, 0.25) is 0 Å². The summed E-state index contributed by atoms with van der Waals surface area (Å²) in [6.45, 7) is 6.99. The third kappa shape index (κ3) is 4.31. The number of methoxy groups -OCH3 is 1. The number of carbonyl (C=O) groups excluding carboxylic acids is 1. The molecule has 0 bridgehead atoms. The molecule has 30 heavy (non-hydrogen) atoms. The van der Waals surface area contributed by atoms with Crippen molar-refractivity contribution in [1.29, 1.82) is 0 Å². The van der Waals surface area contributed by atoms with Crippen LogP contribution in [0.15, 0.2) is 18.3 Å². The van der Waals surface area contributed by atoms with Crippen molar-refractivity contribution in [3.8, 4) is 0 Å². The molecule has 3 rings (SSSR count). The number of rotatable bonds is 9. The molecule has 3 aromatic rings. The van der Waals surface area contributed by atoms with Crippen LogP contribution < -0.4 is 22.1 Å². The summed E-state index contributed by atoms with van der Waals surface area (Å²) in [6, 6.07) is 3.64. The largest absolute Gasteiger partial charge is 0.380 e. The summed E-state index contributed by atoms with van der Waals surface area (Å²) >= 11 is 0. The van der Waals surface area contributed by atoms with Crippen molar-refractivity contribution < 1.29 is 9.53 Å². The third-order valence-electron chi connectivity index (χ3n) is 4.91. The number of ether oxygens (including phenoxy) is 1. The van der Waals surface area contributed by atoms with Crippen molar-refractivity contribution in [2.24, 2.45) is 11.5 Å². The summed E-state index contributed by atoms with van der Waals surface area (Å²) in [7, 11) is 1.59. The minimum absolute atomic E-state index is 0.0633. The minimum Gasteiger partial charge on any atom is -0.380 e. The average molecular weight is 413 g/mol. The first-order chi connectivity index (χ1) is 14.4. The highest BCUT2D eigenvalue weighted by molar-refractivity contribution is 5.96. The maximum atomic E-state index is 11.8. The molecule has 2 aromatic heterocycles. The third-order valence-corrected chi connectivity index (χ3v) is 4.91. The van der Waals surface area contributed by atoms with E-state index in [0.717, 1.165) is 28.7 Å². The predicted molar refractivity (Wildman–Crippen MR) is 115 cm³/mol. The van der Waals surface area contributed by atoms with Crippen LogP contribution in [0.1, 0.15) is 29.9 Å². The number of primary amides is 1. The standard InChI is InChI=1S/C19H27N9O2/c1-5-28-16-10(2)6-13(7-12(16)9-22-28)23-18-15(17(21)29)26-27-19(25-18)24-14(8-20)11(3)30-4/h6-7,9,11,14H,5,8,20H2,1-4H3,(H2,21,29)(H2,23,24,25,27)/t11-,14-/m0/s1. The van der Waals surface area contributed by atoms with Gasteiger partial charge in [0, 0.05) is 31.3 Å². The van der Waals surface area contributed by atoms with Gasteiger partial charge < -0.3 is 26.8 Å². The Hall–Kier alpha value is -3.31. The number of carbonyl (C=O) groups is 1. The Kier molecular flexibility index (Phi) is 6.43. The van der Waals surface area contributed by atoms with Gasteiger partial charge in [0.15, 0.2) is 11.5 Å². The lowest BCUT2D eigenvalue weighted by Crippen LogP contribution is -2.40. The molecule has 160 valence electrons. The van der Waals surface area contributed by atoms with Crippen molar-refractivity contribution in [1.82, 2.24) is 25.0 Å². The Bertz CT molecular complexity index is 1050. The van der Waals surface area contributed by atoms with Crippen LogP contribution in [0.25, 0.3) is 10.9 Å². The molecular weight excluding hydrogens is 386 g/mol. The van der Waals surface area contributed by atoms with Crippen LogP contribution in [0.5, 0.6) is 0 Å². The smallest absolute Gasteiger partial charge is 0.273 e. The van der Waals surface area contributed by atoms with E-state index in [2.05, 4.69) is 30.9 Å². The fourth-order valence-corrected chi connectivity index (χ4v) is 3.23. The molecule has 11 nitrogen and oxygen atoms in total. The molecular formula is C19H27N9O2. The van der Waals surface area contributed by atoms with Crippen LogP contribution in [-0.2, 0) is 11.3 Å². The molecule has 0 radical (unpaired) electrons. The van der Waals surface area contributed by atoms with Crippen LogP contribution in [0.3, 0.4) is 0 Å². The van der Waals surface area contributed by atoms with Gasteiger partial charge in [-0.15, -0.1) is 10.2 Å². The number of hydrogen-bond donors (Lipinski definition) is 4. The minimum atomic E-state index is -0.735. The molecule has 0 fully saturated rings. The summed E-state index contributed by atoms with van der Waals surface area (Å²) in [6.07, 6.45) is 1.63. The van der Waals surface area contributed by atoms with Crippen LogP contribution in [-0.4, -0.2) is 56.7 Å². The molecule has 2 atom stereocenters. The van der Waals surface area contributed by atoms with E-state index in [1.807, 2.05) is 37.6 Å². The summed E-state index contributed by atoms with van der Waals surface area (Å²) < 4.78 is 7.24. The Morgan fingerprint density at radius 1 is 1.33 bits per heavy atom. The maximum Gasteiger partial charge on any atom is 0.273 e. The topological polar surface area (TPSA) is 159 Å². The maximum absolute atomic E-state index is 11.8. The Morgan fingerprint density at radius 2 is 2.10 bits per heavy atom. The first kappa shape index (κ1) is 21.4. The van der Waals surface area contributed by atoms with E-state index in [1.54, 1.807) is 13.3 Å². The van der Waals surface area contributed by atoms with Crippen LogP contribution in [0, 0.1) is 6.92 Å². The van der Waals surface area contributed by atoms with Gasteiger partial charge in [-0.3, -0.25) is 9.48 Å². The van der Waals surface area contributed by atoms with Crippen LogP contribution in [0.4, 0.5) is 17.5 Å². The molecule has 0 saturated carbocycles. The Balaban J connectivity index is 1.96. The monoisotopic (exact) mass is 413 g/mol. The van der Waals surface area contributed by atoms with Gasteiger partial charge in [-0.25, -0.2) is 0 Å². The zero-order valence-electron chi connectivity index (χ0n) is 17.5. The number of amides is 1. The van der Waals surface area contributed by atoms with Gasteiger partial charge in [0.2, 0.25) is 5.95 Å². The first-order valence-corrected chi connectivity index (χ1v) is 9.65. The molecule has 6 N–H and O–H groups in total. The summed E-state index contributed by atoms with van der Waals surface area (Å²) in [5.74, 6) is -0.331. The zero-order chi connectivity index (χ0) is 21.8. The fourth-order valence-electron chi connectivity index (χ4n) is 3.23. The van der Waals surface area contributed by atoms with Gasteiger partial charge in [0.25, 0.3) is 5.91 Å². The SMILES string of the molecule is CCn1ncc2cc(Nc3nc(N[C@@H](CN)[C@H](C)OC)nnc3C(N)=O)cc(C)c21. The Labute approximate surface area is 174 Å². The number of fused-ring (bicyclic) bond motifs is 1. The molecule has 0 unspecified atom stereocenters. The van der Waals surface area contributed by atoms with Gasteiger partial charge in [-0.2, -0.15) is 10.1 Å². The van der Waals surface area contributed by atoms with Gasteiger partial charge >= 0.3 is 0 Å². The highest BCUT2D eigenvalue weighted by atomic mass is 16.5.